The van der Waals surface area contributed by atoms with Gasteiger partial charge in [0.25, 0.3) is 5.91 Å². The number of rotatable bonds is 18. The number of nitrogens with zero attached hydrogens (tertiary/aromatic N) is 3. The van der Waals surface area contributed by atoms with Crippen LogP contribution in [0, 0.1) is 0 Å². The van der Waals surface area contributed by atoms with Crippen LogP contribution < -0.4 is 4.74 Å². The van der Waals surface area contributed by atoms with E-state index in [1.54, 1.807) is 6.20 Å². The summed E-state index contributed by atoms with van der Waals surface area (Å²) >= 11 is 13.5. The molecule has 4 atom stereocenters. The molecule has 13 heteroatoms. The molecular formula is C39H49Cl2N3O8. The smallest absolute Gasteiger partial charge is 0.253 e. The van der Waals surface area contributed by atoms with E-state index in [-0.39, 0.29) is 19.3 Å². The predicted molar refractivity (Wildman–Crippen MR) is 197 cm³/mol. The number of halogens is 2. The fourth-order valence-electron chi connectivity index (χ4n) is 6.62. The van der Waals surface area contributed by atoms with Crippen molar-refractivity contribution < 1.29 is 39.4 Å². The lowest BCUT2D eigenvalue weighted by Gasteiger charge is -2.32. The molecule has 2 aliphatic carbocycles. The van der Waals surface area contributed by atoms with Crippen LogP contribution in [0.15, 0.2) is 54.9 Å². The number of carbonyl (C=O) groups is 1. The molecule has 52 heavy (non-hydrogen) atoms. The van der Waals surface area contributed by atoms with Crippen molar-refractivity contribution in [3.63, 3.8) is 0 Å². The summed E-state index contributed by atoms with van der Waals surface area (Å²) in [5.41, 5.74) is 4.31. The average molecular weight is 759 g/mol. The molecule has 11 nitrogen and oxygen atoms in total. The van der Waals surface area contributed by atoms with E-state index >= 15 is 0 Å². The van der Waals surface area contributed by atoms with Gasteiger partial charge >= 0.3 is 0 Å². The zero-order valence-electron chi connectivity index (χ0n) is 29.5. The second-order valence-corrected chi connectivity index (χ2v) is 15.0. The molecule has 4 N–H and O–H groups in total. The Morgan fingerprint density at radius 2 is 1.71 bits per heavy atom. The van der Waals surface area contributed by atoms with Crippen LogP contribution in [0.1, 0.15) is 55.2 Å². The fourth-order valence-corrected chi connectivity index (χ4v) is 7.14. The largest absolute Gasteiger partial charge is 0.490 e. The summed E-state index contributed by atoms with van der Waals surface area (Å²) in [6.45, 7) is 2.88. The Labute approximate surface area is 315 Å². The summed E-state index contributed by atoms with van der Waals surface area (Å²) in [7, 11) is 1.52. The number of para-hydroxylation sites is 1. The van der Waals surface area contributed by atoms with Gasteiger partial charge < -0.3 is 39.5 Å². The van der Waals surface area contributed by atoms with Crippen molar-refractivity contribution in [2.24, 2.45) is 0 Å². The topological polar surface area (TPSA) is 145 Å². The average Bonchev–Trinajstić information content (AvgIpc) is 4.11. The summed E-state index contributed by atoms with van der Waals surface area (Å²) in [6.07, 6.45) is 3.03. The van der Waals surface area contributed by atoms with Gasteiger partial charge in [-0.1, -0.05) is 41.4 Å². The molecule has 2 heterocycles. The number of aryl methyl sites for hydroxylation is 1. The van der Waals surface area contributed by atoms with Crippen LogP contribution in [0.25, 0.3) is 11.1 Å². The lowest BCUT2D eigenvalue weighted by atomic mass is 9.96. The molecule has 1 saturated heterocycles. The van der Waals surface area contributed by atoms with Gasteiger partial charge in [0.1, 0.15) is 18.0 Å². The zero-order valence-corrected chi connectivity index (χ0v) is 31.0. The molecule has 0 radical (unpaired) electrons. The number of morpholine rings is 1. The van der Waals surface area contributed by atoms with Gasteiger partial charge in [0, 0.05) is 66.8 Å². The fraction of sp³-hybridized carbons (Fsp3) is 0.538. The third kappa shape index (κ3) is 9.63. The third-order valence-corrected chi connectivity index (χ3v) is 10.9. The molecule has 1 aromatic heterocycles. The highest BCUT2D eigenvalue weighted by molar-refractivity contribution is 6.34. The molecule has 3 fully saturated rings. The standard InChI is InChI=1S/C39H49Cl2N3O8/c1-43(38(49)37(48)36(47)35(46)33(45)23-44-16-18-50-19-17-44)15-5-4-6-25-20-32(41)26(21-31(25)40)24-51-39(12-13-39)30-22-42-14-11-28(30)29-7-2-3-8-34(29)52-27-9-10-27/h2-3,7-8,11,14,20-22,27,33,35-37,45-48H,4-6,9-10,12-13,15-19,23-24H2,1H3/t33-,35+,36-,37-/m0/s1. The number of hydrogen-bond donors (Lipinski definition) is 4. The number of carbonyl (C=O) groups excluding carboxylic acids is 1. The summed E-state index contributed by atoms with van der Waals surface area (Å²) in [4.78, 5) is 20.5. The summed E-state index contributed by atoms with van der Waals surface area (Å²) in [6, 6.07) is 13.9. The molecule has 1 amide bonds. The van der Waals surface area contributed by atoms with Crippen LogP contribution >= 0.6 is 23.2 Å². The van der Waals surface area contributed by atoms with Gasteiger partial charge in [-0.2, -0.15) is 0 Å². The van der Waals surface area contributed by atoms with Crippen LogP contribution in [-0.4, -0.2) is 118 Å². The molecule has 3 aromatic rings. The Bertz CT molecular complexity index is 1670. The highest BCUT2D eigenvalue weighted by atomic mass is 35.5. The van der Waals surface area contributed by atoms with Crippen LogP contribution in [0.2, 0.25) is 10.0 Å². The van der Waals surface area contributed by atoms with Crippen molar-refractivity contribution in [2.45, 2.75) is 87.7 Å². The minimum atomic E-state index is -1.88. The first-order chi connectivity index (χ1) is 25.1. The van der Waals surface area contributed by atoms with Crippen molar-refractivity contribution in [3.05, 3.63) is 81.6 Å². The minimum Gasteiger partial charge on any atom is -0.490 e. The molecule has 282 valence electrons. The second-order valence-electron chi connectivity index (χ2n) is 14.2. The first-order valence-corrected chi connectivity index (χ1v) is 18.9. The van der Waals surface area contributed by atoms with Gasteiger partial charge in [-0.05, 0) is 85.9 Å². The number of aromatic nitrogens is 1. The van der Waals surface area contributed by atoms with E-state index in [4.69, 9.17) is 37.4 Å². The monoisotopic (exact) mass is 757 g/mol. The zero-order chi connectivity index (χ0) is 36.8. The molecule has 0 bridgehead atoms. The molecule has 1 aliphatic heterocycles. The highest BCUT2D eigenvalue weighted by Crippen LogP contribution is 2.53. The maximum Gasteiger partial charge on any atom is 0.253 e. The maximum atomic E-state index is 12.8. The maximum absolute atomic E-state index is 12.8. The number of pyridine rings is 1. The molecule has 6 rings (SSSR count). The van der Waals surface area contributed by atoms with E-state index in [9.17, 15) is 25.2 Å². The Hall–Kier alpha value is -2.84. The lowest BCUT2D eigenvalue weighted by molar-refractivity contribution is -0.156. The first kappa shape index (κ1) is 38.9. The van der Waals surface area contributed by atoms with Crippen LogP contribution in [0.5, 0.6) is 5.75 Å². The highest BCUT2D eigenvalue weighted by Gasteiger charge is 2.48. The van der Waals surface area contributed by atoms with Gasteiger partial charge in [0.05, 0.1) is 37.6 Å². The number of hydrogen-bond acceptors (Lipinski definition) is 10. The number of benzene rings is 2. The lowest BCUT2D eigenvalue weighted by Crippen LogP contribution is -2.54. The van der Waals surface area contributed by atoms with E-state index < -0.39 is 35.9 Å². The van der Waals surface area contributed by atoms with E-state index in [0.717, 1.165) is 59.3 Å². The number of likely N-dealkylation sites (N-methyl/N-ethyl adjacent to an activating group) is 1. The predicted octanol–water partition coefficient (Wildman–Crippen LogP) is 4.36. The van der Waals surface area contributed by atoms with Crippen molar-refractivity contribution in [1.82, 2.24) is 14.8 Å². The van der Waals surface area contributed by atoms with Crippen molar-refractivity contribution in [3.8, 4) is 16.9 Å². The molecular weight excluding hydrogens is 709 g/mol. The van der Waals surface area contributed by atoms with Gasteiger partial charge in [-0.3, -0.25) is 14.7 Å². The van der Waals surface area contributed by atoms with Gasteiger partial charge in [-0.25, -0.2) is 0 Å². The molecule has 0 unspecified atom stereocenters. The number of aliphatic hydroxyl groups excluding tert-OH is 4. The molecule has 0 spiro atoms. The number of unbranched alkanes of at least 4 members (excludes halogenated alkanes) is 1. The van der Waals surface area contributed by atoms with Gasteiger partial charge in [-0.15, -0.1) is 0 Å². The van der Waals surface area contributed by atoms with E-state index in [1.165, 1.54) is 11.9 Å². The van der Waals surface area contributed by atoms with E-state index in [0.29, 0.717) is 62.2 Å². The Kier molecular flexibility index (Phi) is 13.1. The van der Waals surface area contributed by atoms with Crippen molar-refractivity contribution in [2.75, 3.05) is 46.4 Å². The van der Waals surface area contributed by atoms with Crippen LogP contribution in [0.3, 0.4) is 0 Å². The number of aliphatic hydroxyl groups is 4. The summed E-state index contributed by atoms with van der Waals surface area (Å²) in [5, 5.41) is 42.9. The van der Waals surface area contributed by atoms with Gasteiger partial charge in [0.15, 0.2) is 6.10 Å². The van der Waals surface area contributed by atoms with Crippen LogP contribution in [0.4, 0.5) is 0 Å². The van der Waals surface area contributed by atoms with E-state index in [1.807, 2.05) is 47.5 Å². The van der Waals surface area contributed by atoms with Crippen LogP contribution in [-0.2, 0) is 32.9 Å². The Morgan fingerprint density at radius 1 is 1.00 bits per heavy atom. The normalized spacial score (nSPS) is 19.4. The minimum absolute atomic E-state index is 0.0951. The molecule has 3 aliphatic rings. The van der Waals surface area contributed by atoms with Crippen molar-refractivity contribution in [1.29, 1.82) is 0 Å². The van der Waals surface area contributed by atoms with E-state index in [2.05, 4.69) is 11.1 Å². The van der Waals surface area contributed by atoms with Crippen molar-refractivity contribution >= 4 is 29.1 Å². The summed E-state index contributed by atoms with van der Waals surface area (Å²) in [5.74, 6) is 0.137. The van der Waals surface area contributed by atoms with Gasteiger partial charge in [0.2, 0.25) is 0 Å². The quantitative estimate of drug-likeness (QED) is 0.138. The second kappa shape index (κ2) is 17.5. The first-order valence-electron chi connectivity index (χ1n) is 18.1. The SMILES string of the molecule is CN(CCCCc1cc(Cl)c(COC2(c3cnccc3-c3ccccc3OC3CC3)CC2)cc1Cl)C(=O)[C@@H](O)[C@@H](O)[C@H](O)[C@@H](O)CN1CCOCC1. The Morgan fingerprint density at radius 3 is 2.44 bits per heavy atom. The number of β-amino-alcohol motifs (C(OH)–C–C–N with tert-alkyl or cyclic N) is 1. The summed E-state index contributed by atoms with van der Waals surface area (Å²) < 4.78 is 18.1. The third-order valence-electron chi connectivity index (χ3n) is 10.2. The number of ether oxygens (including phenoxy) is 3. The Balaban J connectivity index is 0.985. The molecule has 2 saturated carbocycles. The number of amides is 1. The molecule has 2 aromatic carbocycles.